The molecule has 104 valence electrons. The van der Waals surface area contributed by atoms with Gasteiger partial charge in [0.2, 0.25) is 0 Å². The van der Waals surface area contributed by atoms with Crippen LogP contribution in [0.2, 0.25) is 0 Å². The molecule has 0 atom stereocenters. The lowest BCUT2D eigenvalue weighted by atomic mass is 9.91. The quantitative estimate of drug-likeness (QED) is 0.771. The predicted molar refractivity (Wildman–Crippen MR) is 68.8 cm³/mol. The molecular weight excluding hydrogens is 323 g/mol. The Kier molecular flexibility index (Phi) is 4.50. The van der Waals surface area contributed by atoms with Crippen LogP contribution in [0.3, 0.4) is 0 Å². The standard InChI is InChI=1S/C13H13BrF3NO/c14-4-5-18(9-2-1-3-9)13(19)12-10(16)6-8(15)7-11(12)17/h6-7,9H,1-5H2. The van der Waals surface area contributed by atoms with Gasteiger partial charge < -0.3 is 4.90 Å². The lowest BCUT2D eigenvalue weighted by Crippen LogP contribution is -2.45. The minimum Gasteiger partial charge on any atom is -0.335 e. The Hall–Kier alpha value is -1.04. The molecule has 0 saturated heterocycles. The molecule has 0 aliphatic heterocycles. The summed E-state index contributed by atoms with van der Waals surface area (Å²) in [4.78, 5) is 13.7. The van der Waals surface area contributed by atoms with Crippen LogP contribution < -0.4 is 0 Å². The number of halogens is 4. The highest BCUT2D eigenvalue weighted by Crippen LogP contribution is 2.27. The van der Waals surface area contributed by atoms with E-state index in [1.54, 1.807) is 0 Å². The van der Waals surface area contributed by atoms with Gasteiger partial charge in [-0.25, -0.2) is 13.2 Å². The highest BCUT2D eigenvalue weighted by atomic mass is 79.9. The number of hydrogen-bond donors (Lipinski definition) is 0. The molecule has 2 rings (SSSR count). The third kappa shape index (κ3) is 2.94. The Bertz CT molecular complexity index is 468. The zero-order valence-electron chi connectivity index (χ0n) is 10.1. The van der Waals surface area contributed by atoms with Gasteiger partial charge in [0.05, 0.1) is 0 Å². The molecule has 1 aliphatic carbocycles. The highest BCUT2D eigenvalue weighted by Gasteiger charge is 2.32. The Morgan fingerprint density at radius 2 is 1.84 bits per heavy atom. The molecule has 0 spiro atoms. The number of carbonyl (C=O) groups excluding carboxylic acids is 1. The Morgan fingerprint density at radius 1 is 1.26 bits per heavy atom. The van der Waals surface area contributed by atoms with Gasteiger partial charge in [0.25, 0.3) is 5.91 Å². The van der Waals surface area contributed by atoms with Crippen LogP contribution in [-0.4, -0.2) is 28.7 Å². The first-order valence-corrected chi connectivity index (χ1v) is 7.18. The number of alkyl halides is 1. The van der Waals surface area contributed by atoms with Crippen molar-refractivity contribution in [2.75, 3.05) is 11.9 Å². The van der Waals surface area contributed by atoms with Crippen molar-refractivity contribution in [1.82, 2.24) is 4.90 Å². The fourth-order valence-corrected chi connectivity index (χ4v) is 2.51. The zero-order valence-corrected chi connectivity index (χ0v) is 11.7. The minimum atomic E-state index is -1.15. The maximum atomic E-state index is 13.6. The third-order valence-electron chi connectivity index (χ3n) is 3.32. The second kappa shape index (κ2) is 5.94. The Labute approximate surface area is 117 Å². The molecule has 1 fully saturated rings. The van der Waals surface area contributed by atoms with Crippen LogP contribution in [-0.2, 0) is 0 Å². The molecule has 0 N–H and O–H groups in total. The summed E-state index contributed by atoms with van der Waals surface area (Å²) >= 11 is 3.22. The number of carbonyl (C=O) groups is 1. The molecule has 1 aromatic carbocycles. The van der Waals surface area contributed by atoms with Crippen LogP contribution >= 0.6 is 15.9 Å². The monoisotopic (exact) mass is 335 g/mol. The molecule has 6 heteroatoms. The average molecular weight is 336 g/mol. The molecule has 1 saturated carbocycles. The Morgan fingerprint density at radius 3 is 2.26 bits per heavy atom. The smallest absolute Gasteiger partial charge is 0.260 e. The lowest BCUT2D eigenvalue weighted by Gasteiger charge is -2.37. The summed E-state index contributed by atoms with van der Waals surface area (Å²) in [6, 6.07) is 1.08. The summed E-state index contributed by atoms with van der Waals surface area (Å²) in [7, 11) is 0. The summed E-state index contributed by atoms with van der Waals surface area (Å²) in [5.74, 6) is -4.04. The van der Waals surface area contributed by atoms with Crippen molar-refractivity contribution in [2.24, 2.45) is 0 Å². The second-order valence-corrected chi connectivity index (χ2v) is 5.31. The van der Waals surface area contributed by atoms with E-state index in [0.29, 0.717) is 24.0 Å². The van der Waals surface area contributed by atoms with E-state index >= 15 is 0 Å². The number of nitrogens with zero attached hydrogens (tertiary/aromatic N) is 1. The van der Waals surface area contributed by atoms with E-state index in [1.165, 1.54) is 4.90 Å². The number of benzene rings is 1. The van der Waals surface area contributed by atoms with Crippen LogP contribution in [0, 0.1) is 17.5 Å². The summed E-state index contributed by atoms with van der Waals surface area (Å²) < 4.78 is 40.1. The maximum absolute atomic E-state index is 13.6. The first kappa shape index (κ1) is 14.4. The molecule has 19 heavy (non-hydrogen) atoms. The van der Waals surface area contributed by atoms with Crippen molar-refractivity contribution in [3.8, 4) is 0 Å². The van der Waals surface area contributed by atoms with E-state index < -0.39 is 28.9 Å². The number of amides is 1. The van der Waals surface area contributed by atoms with Crippen molar-refractivity contribution in [2.45, 2.75) is 25.3 Å². The Balaban J connectivity index is 2.31. The van der Waals surface area contributed by atoms with Gasteiger partial charge in [-0.2, -0.15) is 0 Å². The van der Waals surface area contributed by atoms with Gasteiger partial charge in [0, 0.05) is 30.0 Å². The summed E-state index contributed by atoms with van der Waals surface area (Å²) in [5.41, 5.74) is -0.672. The zero-order chi connectivity index (χ0) is 14.0. The van der Waals surface area contributed by atoms with Crippen molar-refractivity contribution < 1.29 is 18.0 Å². The molecule has 2 nitrogen and oxygen atoms in total. The predicted octanol–water partition coefficient (Wildman–Crippen LogP) is 3.49. The van der Waals surface area contributed by atoms with E-state index in [4.69, 9.17) is 0 Å². The summed E-state index contributed by atoms with van der Waals surface area (Å²) in [6.07, 6.45) is 2.68. The second-order valence-electron chi connectivity index (χ2n) is 4.52. The van der Waals surface area contributed by atoms with Gasteiger partial charge in [-0.05, 0) is 19.3 Å². The topological polar surface area (TPSA) is 20.3 Å². The number of hydrogen-bond acceptors (Lipinski definition) is 1. The van der Waals surface area contributed by atoms with Crippen LogP contribution in [0.1, 0.15) is 29.6 Å². The van der Waals surface area contributed by atoms with E-state index in [9.17, 15) is 18.0 Å². The SMILES string of the molecule is O=C(c1c(F)cc(F)cc1F)N(CCBr)C1CCC1. The van der Waals surface area contributed by atoms with E-state index in [-0.39, 0.29) is 6.04 Å². The minimum absolute atomic E-state index is 0.0221. The van der Waals surface area contributed by atoms with Crippen molar-refractivity contribution in [3.05, 3.63) is 35.1 Å². The third-order valence-corrected chi connectivity index (χ3v) is 3.68. The van der Waals surface area contributed by atoms with Gasteiger partial charge in [-0.15, -0.1) is 0 Å². The van der Waals surface area contributed by atoms with Crippen LogP contribution in [0.4, 0.5) is 13.2 Å². The van der Waals surface area contributed by atoms with Gasteiger partial charge in [0.15, 0.2) is 0 Å². The van der Waals surface area contributed by atoms with Crippen LogP contribution in [0.15, 0.2) is 12.1 Å². The molecule has 0 radical (unpaired) electrons. The summed E-state index contributed by atoms with van der Waals surface area (Å²) in [6.45, 7) is 0.375. The van der Waals surface area contributed by atoms with Crippen LogP contribution in [0.25, 0.3) is 0 Å². The van der Waals surface area contributed by atoms with Crippen molar-refractivity contribution >= 4 is 21.8 Å². The molecule has 1 aliphatic rings. The first-order valence-electron chi connectivity index (χ1n) is 6.06. The van der Waals surface area contributed by atoms with Gasteiger partial charge >= 0.3 is 0 Å². The fraction of sp³-hybridized carbons (Fsp3) is 0.462. The molecule has 0 aromatic heterocycles. The highest BCUT2D eigenvalue weighted by molar-refractivity contribution is 9.09. The number of rotatable bonds is 4. The van der Waals surface area contributed by atoms with Gasteiger partial charge in [0.1, 0.15) is 23.0 Å². The maximum Gasteiger partial charge on any atom is 0.260 e. The molecular formula is C13H13BrF3NO. The fourth-order valence-electron chi connectivity index (χ4n) is 2.13. The van der Waals surface area contributed by atoms with E-state index in [2.05, 4.69) is 15.9 Å². The molecule has 1 aromatic rings. The van der Waals surface area contributed by atoms with Crippen LogP contribution in [0.5, 0.6) is 0 Å². The molecule has 1 amide bonds. The molecule has 0 bridgehead atoms. The van der Waals surface area contributed by atoms with E-state index in [0.717, 1.165) is 19.3 Å². The normalized spacial score (nSPS) is 15.2. The van der Waals surface area contributed by atoms with Crippen molar-refractivity contribution in [1.29, 1.82) is 0 Å². The van der Waals surface area contributed by atoms with Gasteiger partial charge in [-0.1, -0.05) is 15.9 Å². The average Bonchev–Trinajstić information content (AvgIpc) is 2.24. The molecule has 0 heterocycles. The van der Waals surface area contributed by atoms with Crippen molar-refractivity contribution in [3.63, 3.8) is 0 Å². The molecule has 0 unspecified atom stereocenters. The first-order chi connectivity index (χ1) is 9.04. The van der Waals surface area contributed by atoms with E-state index in [1.807, 2.05) is 0 Å². The van der Waals surface area contributed by atoms with Gasteiger partial charge in [-0.3, -0.25) is 4.79 Å². The largest absolute Gasteiger partial charge is 0.335 e. The summed E-state index contributed by atoms with van der Waals surface area (Å²) in [5, 5.41) is 0.527. The lowest BCUT2D eigenvalue weighted by molar-refractivity contribution is 0.0589.